The van der Waals surface area contributed by atoms with Gasteiger partial charge in [-0.15, -0.1) is 15.3 Å². The third-order valence-corrected chi connectivity index (χ3v) is 5.63. The fraction of sp³-hybridized carbons (Fsp3) is 0.474. The molecule has 0 aromatic carbocycles. The molecule has 0 spiro atoms. The molecule has 8 heteroatoms. The van der Waals surface area contributed by atoms with Gasteiger partial charge in [0.1, 0.15) is 5.82 Å². The van der Waals surface area contributed by atoms with Crippen molar-refractivity contribution in [2.24, 2.45) is 7.05 Å². The maximum atomic E-state index is 11.8. The summed E-state index contributed by atoms with van der Waals surface area (Å²) in [5.74, 6) is 2.49. The summed E-state index contributed by atoms with van der Waals surface area (Å²) in [4.78, 5) is 16.4. The minimum Gasteiger partial charge on any atom is -0.352 e. The van der Waals surface area contributed by atoms with E-state index in [1.807, 2.05) is 28.9 Å². The molecule has 0 unspecified atom stereocenters. The Morgan fingerprint density at radius 3 is 2.74 bits per heavy atom. The van der Waals surface area contributed by atoms with E-state index >= 15 is 0 Å². The molecule has 2 aliphatic rings. The van der Waals surface area contributed by atoms with E-state index in [-0.39, 0.29) is 5.56 Å². The van der Waals surface area contributed by atoms with Crippen molar-refractivity contribution in [3.63, 3.8) is 0 Å². The minimum atomic E-state index is 0.0362. The number of aryl methyl sites for hydroxylation is 1. The summed E-state index contributed by atoms with van der Waals surface area (Å²) >= 11 is 0. The van der Waals surface area contributed by atoms with Crippen LogP contribution >= 0.6 is 0 Å². The highest BCUT2D eigenvalue weighted by Gasteiger charge is 2.32. The third-order valence-electron chi connectivity index (χ3n) is 5.63. The van der Waals surface area contributed by atoms with Crippen molar-refractivity contribution in [3.05, 3.63) is 52.2 Å². The summed E-state index contributed by atoms with van der Waals surface area (Å²) in [6.45, 7) is 2.64. The molecule has 1 saturated heterocycles. The number of rotatable bonds is 5. The van der Waals surface area contributed by atoms with Crippen LogP contribution in [-0.4, -0.2) is 55.5 Å². The van der Waals surface area contributed by atoms with Crippen molar-refractivity contribution < 1.29 is 0 Å². The maximum Gasteiger partial charge on any atom is 0.250 e. The largest absolute Gasteiger partial charge is 0.352 e. The van der Waals surface area contributed by atoms with E-state index in [0.717, 1.165) is 42.5 Å². The monoisotopic (exact) mass is 365 g/mol. The Hall–Kier alpha value is -2.74. The van der Waals surface area contributed by atoms with E-state index < -0.39 is 0 Å². The minimum absolute atomic E-state index is 0.0362. The molecule has 2 fully saturated rings. The molecule has 1 aliphatic carbocycles. The average molecular weight is 365 g/mol. The summed E-state index contributed by atoms with van der Waals surface area (Å²) in [7, 11) is 3.88. The number of hydrogen-bond donors (Lipinski definition) is 0. The standard InChI is InChI=1S/C19H23N7O/c1-23-8-7-13(9-18(23)27)10-24(2)15-11-25(12-15)17-6-5-16-20-21-19(14-3-4-14)26(16)22-17/h5-9,14-15H,3-4,10-12H2,1-2H3. The van der Waals surface area contributed by atoms with Crippen LogP contribution in [0.5, 0.6) is 0 Å². The van der Waals surface area contributed by atoms with Crippen molar-refractivity contribution in [1.82, 2.24) is 29.3 Å². The van der Waals surface area contributed by atoms with Gasteiger partial charge < -0.3 is 9.47 Å². The molecular weight excluding hydrogens is 342 g/mol. The average Bonchev–Trinajstić information content (AvgIpc) is 3.36. The highest BCUT2D eigenvalue weighted by atomic mass is 16.1. The summed E-state index contributed by atoms with van der Waals surface area (Å²) < 4.78 is 3.50. The zero-order valence-corrected chi connectivity index (χ0v) is 15.6. The van der Waals surface area contributed by atoms with Crippen molar-refractivity contribution >= 4 is 11.5 Å². The summed E-state index contributed by atoms with van der Waals surface area (Å²) in [6, 6.07) is 8.20. The second-order valence-electron chi connectivity index (χ2n) is 7.75. The number of fused-ring (bicyclic) bond motifs is 1. The highest BCUT2D eigenvalue weighted by Crippen LogP contribution is 2.38. The lowest BCUT2D eigenvalue weighted by atomic mass is 10.1. The van der Waals surface area contributed by atoms with E-state index in [2.05, 4.69) is 27.0 Å². The van der Waals surface area contributed by atoms with E-state index in [0.29, 0.717) is 12.0 Å². The molecule has 0 amide bonds. The first-order chi connectivity index (χ1) is 13.1. The summed E-state index contributed by atoms with van der Waals surface area (Å²) in [5.41, 5.74) is 1.91. The summed E-state index contributed by atoms with van der Waals surface area (Å²) in [6.07, 6.45) is 4.20. The van der Waals surface area contributed by atoms with Gasteiger partial charge in [0.2, 0.25) is 0 Å². The van der Waals surface area contributed by atoms with Crippen LogP contribution < -0.4 is 10.5 Å². The first-order valence-electron chi connectivity index (χ1n) is 9.41. The Morgan fingerprint density at radius 2 is 2.00 bits per heavy atom. The number of pyridine rings is 1. The van der Waals surface area contributed by atoms with Gasteiger partial charge in [0, 0.05) is 50.9 Å². The van der Waals surface area contributed by atoms with Crippen LogP contribution in [0.4, 0.5) is 5.82 Å². The van der Waals surface area contributed by atoms with Gasteiger partial charge in [-0.2, -0.15) is 4.52 Å². The lowest BCUT2D eigenvalue weighted by Crippen LogP contribution is -2.58. The van der Waals surface area contributed by atoms with Crippen LogP contribution in [0.1, 0.15) is 30.1 Å². The first-order valence-corrected chi connectivity index (χ1v) is 9.41. The Kier molecular flexibility index (Phi) is 3.75. The predicted molar refractivity (Wildman–Crippen MR) is 102 cm³/mol. The molecule has 140 valence electrons. The van der Waals surface area contributed by atoms with E-state index in [1.165, 1.54) is 12.8 Å². The zero-order chi connectivity index (χ0) is 18.5. The molecule has 1 aliphatic heterocycles. The number of likely N-dealkylation sites (N-methyl/N-ethyl adjacent to an activating group) is 1. The van der Waals surface area contributed by atoms with Crippen molar-refractivity contribution in [2.75, 3.05) is 25.0 Å². The van der Waals surface area contributed by atoms with Crippen molar-refractivity contribution in [2.45, 2.75) is 31.3 Å². The van der Waals surface area contributed by atoms with Crippen molar-refractivity contribution in [1.29, 1.82) is 0 Å². The summed E-state index contributed by atoms with van der Waals surface area (Å²) in [5, 5.41) is 13.3. The van der Waals surface area contributed by atoms with E-state index in [1.54, 1.807) is 17.7 Å². The van der Waals surface area contributed by atoms with Crippen molar-refractivity contribution in [3.8, 4) is 0 Å². The third kappa shape index (κ3) is 2.99. The van der Waals surface area contributed by atoms with Crippen LogP contribution in [0.3, 0.4) is 0 Å². The van der Waals surface area contributed by atoms with Gasteiger partial charge in [-0.3, -0.25) is 9.69 Å². The lowest BCUT2D eigenvalue weighted by Gasteiger charge is -2.44. The Bertz CT molecular complexity index is 1050. The van der Waals surface area contributed by atoms with Crippen LogP contribution in [0, 0.1) is 0 Å². The molecule has 1 saturated carbocycles. The quantitative estimate of drug-likeness (QED) is 0.672. The normalized spacial score (nSPS) is 17.7. The second-order valence-corrected chi connectivity index (χ2v) is 7.75. The van der Waals surface area contributed by atoms with Gasteiger partial charge in [-0.1, -0.05) is 0 Å². The van der Waals surface area contributed by atoms with Crippen LogP contribution in [0.25, 0.3) is 5.65 Å². The molecule has 0 bridgehead atoms. The van der Waals surface area contributed by atoms with Crippen LogP contribution in [0.15, 0.2) is 35.3 Å². The number of hydrogen-bond acceptors (Lipinski definition) is 6. The highest BCUT2D eigenvalue weighted by molar-refractivity contribution is 5.48. The smallest absolute Gasteiger partial charge is 0.250 e. The van der Waals surface area contributed by atoms with E-state index in [9.17, 15) is 4.79 Å². The van der Waals surface area contributed by atoms with Crippen LogP contribution in [0.2, 0.25) is 0 Å². The number of aromatic nitrogens is 5. The molecule has 8 nitrogen and oxygen atoms in total. The molecule has 3 aromatic rings. The van der Waals surface area contributed by atoms with Gasteiger partial charge in [0.05, 0.1) is 0 Å². The second kappa shape index (κ2) is 6.16. The lowest BCUT2D eigenvalue weighted by molar-refractivity contribution is 0.196. The first kappa shape index (κ1) is 16.4. The maximum absolute atomic E-state index is 11.8. The Morgan fingerprint density at radius 1 is 1.19 bits per heavy atom. The molecule has 3 aromatic heterocycles. The number of anilines is 1. The molecule has 4 heterocycles. The SMILES string of the molecule is CN(Cc1ccn(C)c(=O)c1)C1CN(c2ccc3nnc(C4CC4)n3n2)C1. The molecule has 5 rings (SSSR count). The zero-order valence-electron chi connectivity index (χ0n) is 15.6. The van der Waals surface area contributed by atoms with Gasteiger partial charge in [0.25, 0.3) is 5.56 Å². The fourth-order valence-electron chi connectivity index (χ4n) is 3.59. The molecule has 27 heavy (non-hydrogen) atoms. The molecular formula is C19H23N7O. The number of nitrogens with zero attached hydrogens (tertiary/aromatic N) is 7. The van der Waals surface area contributed by atoms with Gasteiger partial charge >= 0.3 is 0 Å². The topological polar surface area (TPSA) is 71.6 Å². The molecule has 0 N–H and O–H groups in total. The van der Waals surface area contributed by atoms with Crippen LogP contribution in [-0.2, 0) is 13.6 Å². The van der Waals surface area contributed by atoms with Gasteiger partial charge in [-0.05, 0) is 43.7 Å². The fourth-order valence-corrected chi connectivity index (χ4v) is 3.59. The van der Waals surface area contributed by atoms with Gasteiger partial charge in [-0.25, -0.2) is 0 Å². The van der Waals surface area contributed by atoms with E-state index in [4.69, 9.17) is 5.10 Å². The molecule has 0 radical (unpaired) electrons. The Labute approximate surface area is 157 Å². The van der Waals surface area contributed by atoms with Gasteiger partial charge in [0.15, 0.2) is 11.5 Å². The Balaban J connectivity index is 1.26. The predicted octanol–water partition coefficient (Wildman–Crippen LogP) is 1.02. The molecule has 0 atom stereocenters.